The molecule has 63 heavy (non-hydrogen) atoms. The molecule has 0 spiro atoms. The number of nitro groups is 1. The van der Waals surface area contributed by atoms with Gasteiger partial charge in [0.15, 0.2) is 11.4 Å². The van der Waals surface area contributed by atoms with E-state index in [0.717, 1.165) is 73.9 Å². The van der Waals surface area contributed by atoms with Gasteiger partial charge < -0.3 is 29.4 Å². The van der Waals surface area contributed by atoms with Crippen molar-refractivity contribution in [1.29, 1.82) is 0 Å². The minimum absolute atomic E-state index is 0.0164. The maximum Gasteiger partial charge on any atom is 0.297 e. The first-order valence-electron chi connectivity index (χ1n) is 21.3. The number of halogens is 1. The zero-order valence-electron chi connectivity index (χ0n) is 35.2. The molecule has 2 aromatic heterocycles. The number of aromatic amines is 1. The molecule has 17 heteroatoms. The molecule has 4 aliphatic rings. The monoisotopic (exact) mass is 895 g/mol. The van der Waals surface area contributed by atoms with E-state index in [-0.39, 0.29) is 46.7 Å². The molecule has 9 rings (SSSR count). The molecule has 5 heterocycles. The number of rotatable bonds is 11. The summed E-state index contributed by atoms with van der Waals surface area (Å²) >= 11 is 6.23. The molecule has 15 nitrogen and oxygen atoms in total. The van der Waals surface area contributed by atoms with Crippen LogP contribution in [0.3, 0.4) is 0 Å². The predicted molar refractivity (Wildman–Crippen MR) is 241 cm³/mol. The lowest BCUT2D eigenvalue weighted by Gasteiger charge is -2.39. The largest absolute Gasteiger partial charge is 0.489 e. The van der Waals surface area contributed by atoms with Crippen molar-refractivity contribution in [3.05, 3.63) is 111 Å². The number of nitrogens with one attached hydrogen (secondary N) is 3. The lowest BCUT2D eigenvalue weighted by molar-refractivity contribution is -0.384. The summed E-state index contributed by atoms with van der Waals surface area (Å²) in [5.74, 6) is -0.326. The Bertz CT molecular complexity index is 2690. The Morgan fingerprint density at radius 2 is 1.83 bits per heavy atom. The standard InChI is InChI=1S/C46H50ClN7O8S/c1-46(2)13-9-37(29-3-5-33(47)6-4-29)32(25-46)27-52-15-17-53(18-16-52)34-7-8-38(41(22-34)62-35-21-31-10-14-48-44(31)49-26-35)45(55)51-63(58,59)36-23-40(54(56)57)43-42(24-36)61-28-39(50-43)30-11-19-60-20-12-30/h3-8,10,14,21-24,26,30,39,50H,9,11-13,15-20,25,27-28H2,1-2H3,(H,48,49)(H,51,55)/t39-/m1/s1. The summed E-state index contributed by atoms with van der Waals surface area (Å²) in [4.78, 5) is 37.4. The van der Waals surface area contributed by atoms with Crippen LogP contribution in [-0.2, 0) is 14.8 Å². The molecule has 1 atom stereocenters. The lowest BCUT2D eigenvalue weighted by Crippen LogP contribution is -2.47. The minimum Gasteiger partial charge on any atom is -0.489 e. The number of nitro benzene ring substituents is 1. The van der Waals surface area contributed by atoms with E-state index >= 15 is 0 Å². The third-order valence-electron chi connectivity index (χ3n) is 12.7. The highest BCUT2D eigenvalue weighted by molar-refractivity contribution is 7.90. The van der Waals surface area contributed by atoms with Crippen LogP contribution < -0.4 is 24.4 Å². The van der Waals surface area contributed by atoms with Gasteiger partial charge in [0.25, 0.3) is 21.6 Å². The van der Waals surface area contributed by atoms with Gasteiger partial charge in [0, 0.05) is 86.4 Å². The number of allylic oxidation sites excluding steroid dienone is 1. The van der Waals surface area contributed by atoms with Crippen LogP contribution in [0.25, 0.3) is 16.6 Å². The van der Waals surface area contributed by atoms with E-state index < -0.39 is 31.4 Å². The van der Waals surface area contributed by atoms with Crippen molar-refractivity contribution in [2.45, 2.75) is 56.9 Å². The number of aromatic nitrogens is 2. The molecule has 3 aromatic carbocycles. The van der Waals surface area contributed by atoms with Gasteiger partial charge in [-0.05, 0) is 91.0 Å². The molecule has 3 aliphatic heterocycles. The van der Waals surface area contributed by atoms with E-state index in [0.29, 0.717) is 37.7 Å². The van der Waals surface area contributed by atoms with Crippen LogP contribution in [0.2, 0.25) is 5.02 Å². The van der Waals surface area contributed by atoms with E-state index in [4.69, 9.17) is 25.8 Å². The van der Waals surface area contributed by atoms with Gasteiger partial charge in [0.1, 0.15) is 23.8 Å². The Hall–Kier alpha value is -5.68. The zero-order chi connectivity index (χ0) is 43.9. The average molecular weight is 896 g/mol. The van der Waals surface area contributed by atoms with Gasteiger partial charge in [-0.15, -0.1) is 0 Å². The molecule has 1 aliphatic carbocycles. The van der Waals surface area contributed by atoms with Crippen LogP contribution >= 0.6 is 11.6 Å². The summed E-state index contributed by atoms with van der Waals surface area (Å²) in [5, 5.41) is 17.0. The normalized spacial score (nSPS) is 19.5. The van der Waals surface area contributed by atoms with Gasteiger partial charge in [-0.1, -0.05) is 43.2 Å². The SMILES string of the molecule is CC1(C)CCC(c2ccc(Cl)cc2)=C(CN2CCN(c3ccc(C(=O)NS(=O)(=O)c4cc5c(c([N+](=O)[O-])c4)N[C@@H](C4CCOCC4)CO5)c(Oc4cnc5[nH]ccc5c4)c3)CC2)C1. The first-order valence-corrected chi connectivity index (χ1v) is 23.2. The molecule has 2 fully saturated rings. The van der Waals surface area contributed by atoms with Gasteiger partial charge in [-0.25, -0.2) is 18.1 Å². The van der Waals surface area contributed by atoms with Gasteiger partial charge in [0.05, 0.1) is 27.6 Å². The van der Waals surface area contributed by atoms with E-state index in [1.54, 1.807) is 24.4 Å². The predicted octanol–water partition coefficient (Wildman–Crippen LogP) is 8.42. The number of anilines is 2. The second-order valence-electron chi connectivity index (χ2n) is 17.6. The maximum atomic E-state index is 14.0. The molecule has 5 aromatic rings. The van der Waals surface area contributed by atoms with Gasteiger partial charge >= 0.3 is 0 Å². The fraction of sp³-hybridized carbons (Fsp3) is 0.391. The first kappa shape index (κ1) is 42.6. The van der Waals surface area contributed by atoms with Crippen molar-refractivity contribution in [2.24, 2.45) is 11.3 Å². The highest BCUT2D eigenvalue weighted by Crippen LogP contribution is 2.44. The summed E-state index contributed by atoms with van der Waals surface area (Å²) in [6.45, 7) is 9.97. The fourth-order valence-corrected chi connectivity index (χ4v) is 10.4. The average Bonchev–Trinajstić information content (AvgIpc) is 3.74. The number of fused-ring (bicyclic) bond motifs is 2. The number of hydrogen-bond acceptors (Lipinski definition) is 12. The molecule has 0 saturated carbocycles. The Morgan fingerprint density at radius 1 is 1.05 bits per heavy atom. The second kappa shape index (κ2) is 17.5. The molecular formula is C46H50ClN7O8S. The second-order valence-corrected chi connectivity index (χ2v) is 19.7. The van der Waals surface area contributed by atoms with Crippen LogP contribution in [0.1, 0.15) is 61.9 Å². The van der Waals surface area contributed by atoms with Crippen LogP contribution in [-0.4, -0.2) is 92.7 Å². The lowest BCUT2D eigenvalue weighted by atomic mass is 9.73. The number of H-pyrrole nitrogens is 1. The number of pyridine rings is 1. The summed E-state index contributed by atoms with van der Waals surface area (Å²) in [7, 11) is -4.65. The van der Waals surface area contributed by atoms with Gasteiger partial charge in [0.2, 0.25) is 0 Å². The highest BCUT2D eigenvalue weighted by Gasteiger charge is 2.36. The van der Waals surface area contributed by atoms with Crippen molar-refractivity contribution >= 4 is 61.2 Å². The third-order valence-corrected chi connectivity index (χ3v) is 14.3. The number of sulfonamides is 1. The third kappa shape index (κ3) is 9.35. The summed E-state index contributed by atoms with van der Waals surface area (Å²) in [5.41, 5.74) is 5.35. The van der Waals surface area contributed by atoms with Crippen molar-refractivity contribution < 1.29 is 32.3 Å². The molecule has 330 valence electrons. The first-order chi connectivity index (χ1) is 30.3. The Morgan fingerprint density at radius 3 is 2.59 bits per heavy atom. The van der Waals surface area contributed by atoms with Crippen LogP contribution in [0, 0.1) is 21.4 Å². The number of carbonyl (C=O) groups excluding carboxylic acids is 1. The molecule has 3 N–H and O–H groups in total. The number of hydrogen-bond donors (Lipinski definition) is 3. The Balaban J connectivity index is 0.950. The fourth-order valence-electron chi connectivity index (χ4n) is 9.23. The van der Waals surface area contributed by atoms with E-state index in [2.05, 4.69) is 55.8 Å². The van der Waals surface area contributed by atoms with Crippen molar-refractivity contribution in [1.82, 2.24) is 19.6 Å². The smallest absolute Gasteiger partial charge is 0.297 e. The molecular weight excluding hydrogens is 846 g/mol. The van der Waals surface area contributed by atoms with E-state index in [9.17, 15) is 23.3 Å². The van der Waals surface area contributed by atoms with Crippen molar-refractivity contribution in [3.63, 3.8) is 0 Å². The number of ether oxygens (including phenoxy) is 3. The van der Waals surface area contributed by atoms with Gasteiger partial charge in [-0.2, -0.15) is 0 Å². The number of piperazine rings is 1. The Kier molecular flexibility index (Phi) is 11.8. The number of benzene rings is 3. The molecule has 1 amide bonds. The molecule has 0 unspecified atom stereocenters. The van der Waals surface area contributed by atoms with E-state index in [1.165, 1.54) is 35.0 Å². The summed E-state index contributed by atoms with van der Waals surface area (Å²) in [6.07, 6.45) is 8.00. The topological polar surface area (TPSA) is 181 Å². The van der Waals surface area contributed by atoms with Gasteiger partial charge in [-0.3, -0.25) is 19.8 Å². The molecule has 2 saturated heterocycles. The van der Waals surface area contributed by atoms with E-state index in [1.807, 2.05) is 18.2 Å². The van der Waals surface area contributed by atoms with Crippen LogP contribution in [0.15, 0.2) is 89.6 Å². The number of carbonyl (C=O) groups is 1. The maximum absolute atomic E-state index is 14.0. The number of amides is 1. The summed E-state index contributed by atoms with van der Waals surface area (Å²) < 4.78 is 47.7. The number of nitrogens with zero attached hydrogens (tertiary/aromatic N) is 4. The highest BCUT2D eigenvalue weighted by atomic mass is 35.5. The van der Waals surface area contributed by atoms with Crippen molar-refractivity contribution in [2.75, 3.05) is 62.8 Å². The Labute approximate surface area is 371 Å². The molecule has 0 radical (unpaired) electrons. The summed E-state index contributed by atoms with van der Waals surface area (Å²) in [6, 6.07) is 18.8. The molecule has 0 bridgehead atoms. The minimum atomic E-state index is -4.65. The van der Waals surface area contributed by atoms with Crippen LogP contribution in [0.5, 0.6) is 17.2 Å². The zero-order valence-corrected chi connectivity index (χ0v) is 36.8. The quantitative estimate of drug-likeness (QED) is 0.0852. The van der Waals surface area contributed by atoms with Crippen LogP contribution in [0.4, 0.5) is 17.1 Å². The van der Waals surface area contributed by atoms with Crippen molar-refractivity contribution in [3.8, 4) is 17.2 Å².